The van der Waals surface area contributed by atoms with Gasteiger partial charge in [0, 0.05) is 24.3 Å². The van der Waals surface area contributed by atoms with E-state index in [0.717, 1.165) is 24.1 Å². The molecule has 0 radical (unpaired) electrons. The molecule has 1 amide bonds. The zero-order chi connectivity index (χ0) is 20.0. The highest BCUT2D eigenvalue weighted by molar-refractivity contribution is 6.08. The number of nitrogens with one attached hydrogen (secondary N) is 1. The summed E-state index contributed by atoms with van der Waals surface area (Å²) >= 11 is 0. The van der Waals surface area contributed by atoms with Crippen LogP contribution in [0.25, 0.3) is 11.0 Å². The number of nitrogens with zero attached hydrogens (tertiary/aromatic N) is 2. The van der Waals surface area contributed by atoms with Crippen molar-refractivity contribution in [1.29, 1.82) is 0 Å². The van der Waals surface area contributed by atoms with Crippen molar-refractivity contribution in [2.24, 2.45) is 0 Å². The number of fused-ring (bicyclic) bond motifs is 2. The Bertz CT molecular complexity index is 1220. The van der Waals surface area contributed by atoms with Crippen LogP contribution in [-0.4, -0.2) is 22.0 Å². The van der Waals surface area contributed by atoms with E-state index in [1.165, 1.54) is 15.7 Å². The summed E-state index contributed by atoms with van der Waals surface area (Å²) in [4.78, 5) is 41.7. The van der Waals surface area contributed by atoms with Gasteiger partial charge in [-0.15, -0.1) is 0 Å². The third-order valence-electron chi connectivity index (χ3n) is 5.48. The topological polar surface area (TPSA) is 75.2 Å². The van der Waals surface area contributed by atoms with E-state index < -0.39 is 11.1 Å². The Morgan fingerprint density at radius 2 is 1.93 bits per heavy atom. The van der Waals surface area contributed by atoms with Crippen LogP contribution in [0.3, 0.4) is 0 Å². The van der Waals surface area contributed by atoms with E-state index in [1.807, 2.05) is 18.7 Å². The van der Waals surface area contributed by atoms with E-state index >= 15 is 0 Å². The fraction of sp³-hybridized carbons (Fsp3) is 0.318. The Morgan fingerprint density at radius 1 is 1.14 bits per heavy atom. The van der Waals surface area contributed by atoms with Crippen molar-refractivity contribution in [2.75, 3.05) is 11.4 Å². The van der Waals surface area contributed by atoms with Gasteiger partial charge >= 0.3 is 11.1 Å². The van der Waals surface area contributed by atoms with Gasteiger partial charge in [0.05, 0.1) is 11.0 Å². The summed E-state index contributed by atoms with van der Waals surface area (Å²) in [7, 11) is 0. The molecule has 0 saturated carbocycles. The first-order valence-electron chi connectivity index (χ1n) is 9.59. The molecule has 1 aromatic heterocycles. The Labute approximate surface area is 162 Å². The largest absolute Gasteiger partial charge is 0.316 e. The van der Waals surface area contributed by atoms with Crippen molar-refractivity contribution >= 4 is 22.6 Å². The lowest BCUT2D eigenvalue weighted by atomic mass is 9.94. The van der Waals surface area contributed by atoms with Crippen LogP contribution in [0.1, 0.15) is 40.4 Å². The van der Waals surface area contributed by atoms with Gasteiger partial charge in [0.1, 0.15) is 0 Å². The fourth-order valence-corrected chi connectivity index (χ4v) is 4.17. The van der Waals surface area contributed by atoms with Crippen molar-refractivity contribution < 1.29 is 4.79 Å². The van der Waals surface area contributed by atoms with Crippen molar-refractivity contribution in [2.45, 2.75) is 40.2 Å². The van der Waals surface area contributed by atoms with E-state index in [0.29, 0.717) is 29.7 Å². The summed E-state index contributed by atoms with van der Waals surface area (Å²) < 4.78 is 1.42. The van der Waals surface area contributed by atoms with Gasteiger partial charge in [-0.1, -0.05) is 6.07 Å². The summed E-state index contributed by atoms with van der Waals surface area (Å²) in [6, 6.07) is 9.34. The summed E-state index contributed by atoms with van der Waals surface area (Å²) in [5, 5.41) is 0. The molecule has 2 heterocycles. The molecule has 2 aromatic carbocycles. The Balaban J connectivity index is 1.82. The lowest BCUT2D eigenvalue weighted by Crippen LogP contribution is -2.37. The highest BCUT2D eigenvalue weighted by Gasteiger charge is 2.25. The quantitative estimate of drug-likeness (QED) is 0.698. The van der Waals surface area contributed by atoms with Gasteiger partial charge in [0.25, 0.3) is 5.91 Å². The number of aryl methyl sites for hydroxylation is 3. The molecular formula is C22H23N3O3. The van der Waals surface area contributed by atoms with Crippen LogP contribution >= 0.6 is 0 Å². The number of hydrogen-bond donors (Lipinski definition) is 1. The van der Waals surface area contributed by atoms with Gasteiger partial charge in [-0.2, -0.15) is 0 Å². The summed E-state index contributed by atoms with van der Waals surface area (Å²) in [6.07, 6.45) is 1.89. The first-order chi connectivity index (χ1) is 13.4. The normalized spacial score (nSPS) is 13.6. The highest BCUT2D eigenvalue weighted by atomic mass is 16.2. The highest BCUT2D eigenvalue weighted by Crippen LogP contribution is 2.32. The third-order valence-corrected chi connectivity index (χ3v) is 5.48. The number of benzene rings is 2. The van der Waals surface area contributed by atoms with Gasteiger partial charge < -0.3 is 14.5 Å². The maximum Gasteiger partial charge on any atom is 0.316 e. The third kappa shape index (κ3) is 2.85. The minimum atomic E-state index is -0.673. The molecule has 0 fully saturated rings. The van der Waals surface area contributed by atoms with Gasteiger partial charge in [-0.05, 0) is 74.6 Å². The van der Waals surface area contributed by atoms with Crippen LogP contribution < -0.4 is 16.0 Å². The van der Waals surface area contributed by atoms with Crippen molar-refractivity contribution in [1.82, 2.24) is 9.55 Å². The second-order valence-electron chi connectivity index (χ2n) is 7.38. The summed E-state index contributed by atoms with van der Waals surface area (Å²) in [5.41, 5.74) is 4.90. The molecule has 0 bridgehead atoms. The molecule has 0 aliphatic carbocycles. The van der Waals surface area contributed by atoms with E-state index in [-0.39, 0.29) is 5.91 Å². The maximum atomic E-state index is 13.3. The number of carbonyl (C=O) groups excluding carboxylic acids is 1. The first-order valence-corrected chi connectivity index (χ1v) is 9.59. The molecule has 28 heavy (non-hydrogen) atoms. The standard InChI is InChI=1S/C22H23N3O3/c1-4-24-18-8-7-15(12-17(18)23-20(26)22(24)28)21(27)25-9-5-6-16-14(3)10-13(2)11-19(16)25/h7-8,10-12H,4-6,9H2,1-3H3,(H,23,26). The van der Waals surface area contributed by atoms with E-state index in [2.05, 4.69) is 24.0 Å². The number of carbonyl (C=O) groups is 1. The molecule has 1 aliphatic heterocycles. The van der Waals surface area contributed by atoms with E-state index in [4.69, 9.17) is 0 Å². The van der Waals surface area contributed by atoms with Gasteiger partial charge in [-0.3, -0.25) is 14.4 Å². The zero-order valence-electron chi connectivity index (χ0n) is 16.3. The van der Waals surface area contributed by atoms with Crippen LogP contribution in [0.2, 0.25) is 0 Å². The second kappa shape index (κ2) is 6.78. The maximum absolute atomic E-state index is 13.3. The number of aromatic nitrogens is 2. The minimum absolute atomic E-state index is 0.0945. The Kier molecular flexibility index (Phi) is 4.41. The summed E-state index contributed by atoms with van der Waals surface area (Å²) in [5.74, 6) is -0.0945. The number of anilines is 1. The van der Waals surface area contributed by atoms with Gasteiger partial charge in [0.2, 0.25) is 0 Å². The average Bonchev–Trinajstić information content (AvgIpc) is 2.67. The molecule has 1 N–H and O–H groups in total. The summed E-state index contributed by atoms with van der Waals surface area (Å²) in [6.45, 7) is 7.00. The smallest absolute Gasteiger partial charge is 0.316 e. The van der Waals surface area contributed by atoms with Crippen LogP contribution in [0.15, 0.2) is 39.9 Å². The van der Waals surface area contributed by atoms with Crippen molar-refractivity contribution in [3.63, 3.8) is 0 Å². The monoisotopic (exact) mass is 377 g/mol. The van der Waals surface area contributed by atoms with Crippen molar-refractivity contribution in [3.05, 3.63) is 73.3 Å². The van der Waals surface area contributed by atoms with E-state index in [1.54, 1.807) is 18.2 Å². The number of amides is 1. The second-order valence-corrected chi connectivity index (χ2v) is 7.38. The fourth-order valence-electron chi connectivity index (χ4n) is 4.17. The number of aromatic amines is 1. The molecule has 6 heteroatoms. The molecule has 0 unspecified atom stereocenters. The average molecular weight is 377 g/mol. The predicted molar refractivity (Wildman–Crippen MR) is 110 cm³/mol. The molecule has 4 rings (SSSR count). The molecule has 3 aromatic rings. The molecule has 6 nitrogen and oxygen atoms in total. The van der Waals surface area contributed by atoms with Gasteiger partial charge in [0.15, 0.2) is 0 Å². The van der Waals surface area contributed by atoms with Crippen LogP contribution in [0.4, 0.5) is 5.69 Å². The molecule has 1 aliphatic rings. The lowest BCUT2D eigenvalue weighted by molar-refractivity contribution is 0.0985. The van der Waals surface area contributed by atoms with Crippen LogP contribution in [-0.2, 0) is 13.0 Å². The minimum Gasteiger partial charge on any atom is -0.316 e. The molecule has 0 spiro atoms. The van der Waals surface area contributed by atoms with Crippen molar-refractivity contribution in [3.8, 4) is 0 Å². The number of H-pyrrole nitrogens is 1. The molecule has 0 saturated heterocycles. The molecule has 144 valence electrons. The van der Waals surface area contributed by atoms with Gasteiger partial charge in [-0.25, -0.2) is 0 Å². The van der Waals surface area contributed by atoms with Crippen LogP contribution in [0, 0.1) is 13.8 Å². The van der Waals surface area contributed by atoms with E-state index in [9.17, 15) is 14.4 Å². The van der Waals surface area contributed by atoms with Crippen LogP contribution in [0.5, 0.6) is 0 Å². The first kappa shape index (κ1) is 18.2. The number of rotatable bonds is 2. The Morgan fingerprint density at radius 3 is 2.68 bits per heavy atom. The lowest BCUT2D eigenvalue weighted by Gasteiger charge is -2.31. The molecular weight excluding hydrogens is 354 g/mol. The number of hydrogen-bond acceptors (Lipinski definition) is 3. The Hall–Kier alpha value is -3.15. The predicted octanol–water partition coefficient (Wildman–Crippen LogP) is 2.92. The molecule has 0 atom stereocenters. The SMILES string of the molecule is CCn1c(=O)c(=O)[nH]c2cc(C(=O)N3CCCc4c(C)cc(C)cc43)ccc21. The zero-order valence-corrected chi connectivity index (χ0v) is 16.3.